The summed E-state index contributed by atoms with van der Waals surface area (Å²) in [5.41, 5.74) is 0.574. The van der Waals surface area contributed by atoms with Crippen LogP contribution in [-0.2, 0) is 4.79 Å². The van der Waals surface area contributed by atoms with E-state index in [0.717, 1.165) is 0 Å². The number of hydrogen-bond acceptors (Lipinski definition) is 2. The van der Waals surface area contributed by atoms with Crippen LogP contribution in [-0.4, -0.2) is 35.5 Å². The highest BCUT2D eigenvalue weighted by Crippen LogP contribution is 2.03. The summed E-state index contributed by atoms with van der Waals surface area (Å²) in [4.78, 5) is 23.4. The Hall–Kier alpha value is -1.84. The molecule has 0 aliphatic heterocycles. The predicted octanol–water partition coefficient (Wildman–Crippen LogP) is 1.23. The second kappa shape index (κ2) is 5.14. The van der Waals surface area contributed by atoms with E-state index in [9.17, 15) is 9.59 Å². The number of rotatable bonds is 4. The third kappa shape index (κ3) is 3.42. The molecular weight excluding hydrogens is 194 g/mol. The number of carboxylic acid groups (broad SMARTS) is 1. The van der Waals surface area contributed by atoms with Crippen molar-refractivity contribution in [3.05, 3.63) is 35.9 Å². The fraction of sp³-hybridized carbons (Fsp3) is 0.273. The molecule has 0 atom stereocenters. The van der Waals surface area contributed by atoms with Crippen LogP contribution in [0.3, 0.4) is 0 Å². The SMILES string of the molecule is CN(CCC(=O)O)C(=O)c1ccccc1. The quantitative estimate of drug-likeness (QED) is 0.807. The zero-order valence-electron chi connectivity index (χ0n) is 8.51. The molecule has 0 aromatic heterocycles. The second-order valence-electron chi connectivity index (χ2n) is 3.24. The van der Waals surface area contributed by atoms with Gasteiger partial charge in [0.15, 0.2) is 0 Å². The maximum Gasteiger partial charge on any atom is 0.305 e. The normalized spacial score (nSPS) is 9.67. The Morgan fingerprint density at radius 3 is 2.40 bits per heavy atom. The van der Waals surface area contributed by atoms with Crippen LogP contribution in [0.25, 0.3) is 0 Å². The summed E-state index contributed by atoms with van der Waals surface area (Å²) in [5, 5.41) is 8.48. The summed E-state index contributed by atoms with van der Waals surface area (Å²) in [7, 11) is 1.60. The van der Waals surface area contributed by atoms with Gasteiger partial charge in [0.05, 0.1) is 6.42 Å². The zero-order valence-corrected chi connectivity index (χ0v) is 8.51. The number of carbonyl (C=O) groups excluding carboxylic acids is 1. The van der Waals surface area contributed by atoms with Crippen LogP contribution in [0, 0.1) is 0 Å². The number of nitrogens with zero attached hydrogens (tertiary/aromatic N) is 1. The minimum absolute atomic E-state index is 0.0327. The number of carbonyl (C=O) groups is 2. The first kappa shape index (κ1) is 11.2. The number of carboxylic acids is 1. The number of hydrogen-bond donors (Lipinski definition) is 1. The van der Waals surface area contributed by atoms with E-state index in [2.05, 4.69) is 0 Å². The Kier molecular flexibility index (Phi) is 3.85. The molecule has 4 heteroatoms. The molecule has 0 radical (unpaired) electrons. The van der Waals surface area contributed by atoms with E-state index in [4.69, 9.17) is 5.11 Å². The number of amides is 1. The molecule has 1 amide bonds. The third-order valence-electron chi connectivity index (χ3n) is 2.03. The van der Waals surface area contributed by atoms with Crippen molar-refractivity contribution in [2.75, 3.05) is 13.6 Å². The topological polar surface area (TPSA) is 57.6 Å². The van der Waals surface area contributed by atoms with Crippen LogP contribution in [0.5, 0.6) is 0 Å². The van der Waals surface area contributed by atoms with E-state index in [1.165, 1.54) is 4.90 Å². The van der Waals surface area contributed by atoms with Crippen LogP contribution in [0.15, 0.2) is 30.3 Å². The van der Waals surface area contributed by atoms with Crippen molar-refractivity contribution in [1.82, 2.24) is 4.90 Å². The molecule has 1 aromatic carbocycles. The van der Waals surface area contributed by atoms with Gasteiger partial charge in [-0.25, -0.2) is 0 Å². The van der Waals surface area contributed by atoms with Crippen molar-refractivity contribution in [2.24, 2.45) is 0 Å². The highest BCUT2D eigenvalue weighted by Gasteiger charge is 2.11. The average molecular weight is 207 g/mol. The van der Waals surface area contributed by atoms with Crippen molar-refractivity contribution in [1.29, 1.82) is 0 Å². The average Bonchev–Trinajstić information content (AvgIpc) is 2.26. The standard InChI is InChI=1S/C11H13NO3/c1-12(8-7-10(13)14)11(15)9-5-3-2-4-6-9/h2-6H,7-8H2,1H3,(H,13,14). The summed E-state index contributed by atoms with van der Waals surface area (Å²) in [6, 6.07) is 8.80. The van der Waals surface area contributed by atoms with Gasteiger partial charge in [0, 0.05) is 19.2 Å². The van der Waals surface area contributed by atoms with E-state index >= 15 is 0 Å². The Labute approximate surface area is 88.1 Å². The van der Waals surface area contributed by atoms with Gasteiger partial charge < -0.3 is 10.0 Å². The summed E-state index contributed by atoms with van der Waals surface area (Å²) in [5.74, 6) is -1.06. The van der Waals surface area contributed by atoms with Crippen molar-refractivity contribution < 1.29 is 14.7 Å². The lowest BCUT2D eigenvalue weighted by atomic mass is 10.2. The first-order valence-electron chi connectivity index (χ1n) is 4.63. The van der Waals surface area contributed by atoms with Gasteiger partial charge in [0.25, 0.3) is 5.91 Å². The molecule has 1 N–H and O–H groups in total. The molecule has 1 rings (SSSR count). The van der Waals surface area contributed by atoms with Crippen molar-refractivity contribution in [2.45, 2.75) is 6.42 Å². The highest BCUT2D eigenvalue weighted by atomic mass is 16.4. The predicted molar refractivity (Wildman–Crippen MR) is 55.7 cm³/mol. The van der Waals surface area contributed by atoms with Gasteiger partial charge in [-0.1, -0.05) is 18.2 Å². The van der Waals surface area contributed by atoms with Crippen LogP contribution in [0.4, 0.5) is 0 Å². The van der Waals surface area contributed by atoms with Crippen molar-refractivity contribution >= 4 is 11.9 Å². The van der Waals surface area contributed by atoms with Gasteiger partial charge in [0.2, 0.25) is 0 Å². The lowest BCUT2D eigenvalue weighted by Crippen LogP contribution is -2.28. The number of aliphatic carboxylic acids is 1. The van der Waals surface area contributed by atoms with Crippen molar-refractivity contribution in [3.8, 4) is 0 Å². The van der Waals surface area contributed by atoms with Crippen LogP contribution in [0.2, 0.25) is 0 Å². The zero-order chi connectivity index (χ0) is 11.3. The monoisotopic (exact) mass is 207 g/mol. The fourth-order valence-corrected chi connectivity index (χ4v) is 1.17. The Morgan fingerprint density at radius 1 is 1.27 bits per heavy atom. The molecule has 4 nitrogen and oxygen atoms in total. The lowest BCUT2D eigenvalue weighted by Gasteiger charge is -2.15. The van der Waals surface area contributed by atoms with E-state index in [0.29, 0.717) is 5.56 Å². The van der Waals surface area contributed by atoms with E-state index in [-0.39, 0.29) is 18.9 Å². The first-order valence-corrected chi connectivity index (χ1v) is 4.63. The van der Waals surface area contributed by atoms with Gasteiger partial charge in [-0.3, -0.25) is 9.59 Å². The molecule has 15 heavy (non-hydrogen) atoms. The van der Waals surface area contributed by atoms with Crippen molar-refractivity contribution in [3.63, 3.8) is 0 Å². The Morgan fingerprint density at radius 2 is 1.87 bits per heavy atom. The van der Waals surface area contributed by atoms with E-state index in [1.807, 2.05) is 6.07 Å². The summed E-state index contributed by atoms with van der Waals surface area (Å²) < 4.78 is 0. The molecule has 80 valence electrons. The van der Waals surface area contributed by atoms with Gasteiger partial charge in [0.1, 0.15) is 0 Å². The lowest BCUT2D eigenvalue weighted by molar-refractivity contribution is -0.137. The van der Waals surface area contributed by atoms with Crippen LogP contribution < -0.4 is 0 Å². The largest absolute Gasteiger partial charge is 0.481 e. The summed E-state index contributed by atoms with van der Waals surface area (Å²) in [6.45, 7) is 0.225. The van der Waals surface area contributed by atoms with Gasteiger partial charge in [-0.05, 0) is 12.1 Å². The minimum atomic E-state index is -0.900. The third-order valence-corrected chi connectivity index (χ3v) is 2.03. The summed E-state index contributed by atoms with van der Waals surface area (Å²) in [6.07, 6.45) is -0.0327. The van der Waals surface area contributed by atoms with Gasteiger partial charge >= 0.3 is 5.97 Å². The molecule has 0 aliphatic carbocycles. The molecule has 0 unspecified atom stereocenters. The van der Waals surface area contributed by atoms with Crippen LogP contribution in [0.1, 0.15) is 16.8 Å². The van der Waals surface area contributed by atoms with E-state index in [1.54, 1.807) is 31.3 Å². The Balaban J connectivity index is 2.57. The van der Waals surface area contributed by atoms with E-state index < -0.39 is 5.97 Å². The fourth-order valence-electron chi connectivity index (χ4n) is 1.17. The molecule has 0 saturated carbocycles. The maximum absolute atomic E-state index is 11.7. The molecule has 0 bridgehead atoms. The molecule has 1 aromatic rings. The smallest absolute Gasteiger partial charge is 0.305 e. The van der Waals surface area contributed by atoms with Gasteiger partial charge in [-0.2, -0.15) is 0 Å². The molecule has 0 spiro atoms. The molecule has 0 fully saturated rings. The highest BCUT2D eigenvalue weighted by molar-refractivity contribution is 5.94. The summed E-state index contributed by atoms with van der Waals surface area (Å²) >= 11 is 0. The van der Waals surface area contributed by atoms with Crippen LogP contribution >= 0.6 is 0 Å². The molecule has 0 heterocycles. The molecular formula is C11H13NO3. The molecule has 0 saturated heterocycles. The Bertz CT molecular complexity index is 348. The first-order chi connectivity index (χ1) is 7.11. The minimum Gasteiger partial charge on any atom is -0.481 e. The number of benzene rings is 1. The maximum atomic E-state index is 11.7. The second-order valence-corrected chi connectivity index (χ2v) is 3.24. The molecule has 0 aliphatic rings. The van der Waals surface area contributed by atoms with Gasteiger partial charge in [-0.15, -0.1) is 0 Å².